The van der Waals surface area contributed by atoms with Crippen LogP contribution in [0.25, 0.3) is 0 Å². The molecule has 0 spiro atoms. The Bertz CT molecular complexity index is 410. The summed E-state index contributed by atoms with van der Waals surface area (Å²) in [7, 11) is 0. The SMILES string of the molecule is Cc1cc(C(=O)O[C@H](CC(C)C)C(=O)O)on1. The first-order chi connectivity index (χ1) is 7.90. The molecule has 0 aromatic carbocycles. The zero-order valence-corrected chi connectivity index (χ0v) is 9.97. The number of aromatic nitrogens is 1. The average Bonchev–Trinajstić information content (AvgIpc) is 2.63. The fourth-order valence-electron chi connectivity index (χ4n) is 1.27. The molecule has 0 aliphatic heterocycles. The quantitative estimate of drug-likeness (QED) is 0.788. The highest BCUT2D eigenvalue weighted by Crippen LogP contribution is 2.12. The van der Waals surface area contributed by atoms with Crippen LogP contribution in [0.4, 0.5) is 0 Å². The summed E-state index contributed by atoms with van der Waals surface area (Å²) in [6.07, 6.45) is -0.901. The fraction of sp³-hybridized carbons (Fsp3) is 0.545. The summed E-state index contributed by atoms with van der Waals surface area (Å²) in [5.41, 5.74) is 0.535. The maximum Gasteiger partial charge on any atom is 0.378 e. The van der Waals surface area contributed by atoms with E-state index in [1.165, 1.54) is 6.07 Å². The molecule has 0 aliphatic rings. The Balaban J connectivity index is 2.67. The molecule has 0 radical (unpaired) electrons. The van der Waals surface area contributed by atoms with E-state index in [0.717, 1.165) is 0 Å². The van der Waals surface area contributed by atoms with Gasteiger partial charge in [-0.15, -0.1) is 0 Å². The van der Waals surface area contributed by atoms with E-state index in [1.54, 1.807) is 6.92 Å². The number of carboxylic acids is 1. The Kier molecular flexibility index (Phi) is 4.25. The number of hydrogen-bond acceptors (Lipinski definition) is 5. The summed E-state index contributed by atoms with van der Waals surface area (Å²) in [6.45, 7) is 5.35. The first-order valence-corrected chi connectivity index (χ1v) is 5.27. The minimum atomic E-state index is -1.16. The van der Waals surface area contributed by atoms with Crippen LogP contribution in [0.1, 0.15) is 36.5 Å². The van der Waals surface area contributed by atoms with Gasteiger partial charge in [-0.25, -0.2) is 9.59 Å². The summed E-state index contributed by atoms with van der Waals surface area (Å²) in [6, 6.07) is 1.40. The molecular weight excluding hydrogens is 226 g/mol. The van der Waals surface area contributed by atoms with E-state index in [-0.39, 0.29) is 18.1 Å². The number of rotatable bonds is 5. The standard InChI is InChI=1S/C11H15NO5/c1-6(2)4-8(10(13)14)16-11(15)9-5-7(3)12-17-9/h5-6,8H,4H2,1-3H3,(H,13,14)/t8-/m1/s1. The highest BCUT2D eigenvalue weighted by atomic mass is 16.6. The molecule has 94 valence electrons. The van der Waals surface area contributed by atoms with Gasteiger partial charge in [0.25, 0.3) is 0 Å². The lowest BCUT2D eigenvalue weighted by molar-refractivity contribution is -0.148. The van der Waals surface area contributed by atoms with Gasteiger partial charge in [0, 0.05) is 6.07 Å². The Morgan fingerprint density at radius 3 is 2.59 bits per heavy atom. The van der Waals surface area contributed by atoms with Gasteiger partial charge in [0.15, 0.2) is 6.10 Å². The van der Waals surface area contributed by atoms with Crippen molar-refractivity contribution >= 4 is 11.9 Å². The van der Waals surface area contributed by atoms with Gasteiger partial charge in [0.2, 0.25) is 5.76 Å². The lowest BCUT2D eigenvalue weighted by Gasteiger charge is -2.14. The second kappa shape index (κ2) is 5.47. The lowest BCUT2D eigenvalue weighted by atomic mass is 10.1. The highest BCUT2D eigenvalue weighted by Gasteiger charge is 2.25. The molecule has 0 saturated carbocycles. The van der Waals surface area contributed by atoms with Gasteiger partial charge in [-0.1, -0.05) is 19.0 Å². The van der Waals surface area contributed by atoms with Gasteiger partial charge < -0.3 is 14.4 Å². The molecule has 0 fully saturated rings. The fourth-order valence-corrected chi connectivity index (χ4v) is 1.27. The molecule has 0 amide bonds. The van der Waals surface area contributed by atoms with E-state index in [0.29, 0.717) is 5.69 Å². The van der Waals surface area contributed by atoms with Crippen LogP contribution >= 0.6 is 0 Å². The molecular formula is C11H15NO5. The van der Waals surface area contributed by atoms with E-state index in [1.807, 2.05) is 13.8 Å². The van der Waals surface area contributed by atoms with Gasteiger partial charge in [-0.05, 0) is 19.3 Å². The third kappa shape index (κ3) is 3.90. The molecule has 0 bridgehead atoms. The third-order valence-corrected chi connectivity index (χ3v) is 2.04. The van der Waals surface area contributed by atoms with E-state index in [4.69, 9.17) is 14.4 Å². The topological polar surface area (TPSA) is 89.6 Å². The van der Waals surface area contributed by atoms with Crippen molar-refractivity contribution in [2.75, 3.05) is 0 Å². The second-order valence-electron chi connectivity index (χ2n) is 4.19. The molecule has 1 heterocycles. The van der Waals surface area contributed by atoms with Crippen LogP contribution in [0.2, 0.25) is 0 Å². The van der Waals surface area contributed by atoms with Crippen molar-refractivity contribution in [1.82, 2.24) is 5.16 Å². The van der Waals surface area contributed by atoms with E-state index < -0.39 is 18.0 Å². The van der Waals surface area contributed by atoms with Crippen molar-refractivity contribution in [2.45, 2.75) is 33.3 Å². The highest BCUT2D eigenvalue weighted by molar-refractivity contribution is 5.88. The molecule has 1 aromatic heterocycles. The minimum Gasteiger partial charge on any atom is -0.479 e. The normalized spacial score (nSPS) is 12.5. The maximum atomic E-state index is 11.5. The van der Waals surface area contributed by atoms with Crippen molar-refractivity contribution in [3.63, 3.8) is 0 Å². The van der Waals surface area contributed by atoms with E-state index in [9.17, 15) is 9.59 Å². The Morgan fingerprint density at radius 2 is 2.18 bits per heavy atom. The van der Waals surface area contributed by atoms with Crippen molar-refractivity contribution < 1.29 is 24.0 Å². The van der Waals surface area contributed by atoms with Gasteiger partial charge in [0.05, 0.1) is 5.69 Å². The first kappa shape index (κ1) is 13.2. The van der Waals surface area contributed by atoms with E-state index in [2.05, 4.69) is 5.16 Å². The minimum absolute atomic E-state index is 0.0856. The number of ether oxygens (including phenoxy) is 1. The molecule has 1 rings (SSSR count). The van der Waals surface area contributed by atoms with Crippen LogP contribution in [0, 0.1) is 12.8 Å². The van der Waals surface area contributed by atoms with Crippen LogP contribution in [-0.4, -0.2) is 28.3 Å². The smallest absolute Gasteiger partial charge is 0.378 e. The predicted octanol–water partition coefficient (Wildman–Crippen LogP) is 1.64. The molecule has 6 nitrogen and oxygen atoms in total. The van der Waals surface area contributed by atoms with Crippen LogP contribution < -0.4 is 0 Å². The number of carbonyl (C=O) groups is 2. The molecule has 1 N–H and O–H groups in total. The van der Waals surface area contributed by atoms with E-state index >= 15 is 0 Å². The largest absolute Gasteiger partial charge is 0.479 e. The third-order valence-electron chi connectivity index (χ3n) is 2.04. The van der Waals surface area contributed by atoms with Crippen LogP contribution in [0.15, 0.2) is 10.6 Å². The molecule has 0 aliphatic carbocycles. The first-order valence-electron chi connectivity index (χ1n) is 5.27. The molecule has 0 unspecified atom stereocenters. The van der Waals surface area contributed by atoms with Crippen molar-refractivity contribution in [2.24, 2.45) is 5.92 Å². The molecule has 0 saturated heterocycles. The molecule has 6 heteroatoms. The Labute approximate surface area is 98.5 Å². The van der Waals surface area contributed by atoms with Gasteiger partial charge >= 0.3 is 11.9 Å². The molecule has 1 atom stereocenters. The number of esters is 1. The second-order valence-corrected chi connectivity index (χ2v) is 4.19. The Hall–Kier alpha value is -1.85. The summed E-state index contributed by atoms with van der Waals surface area (Å²) in [5, 5.41) is 12.4. The molecule has 17 heavy (non-hydrogen) atoms. The van der Waals surface area contributed by atoms with Gasteiger partial charge in [0.1, 0.15) is 0 Å². The maximum absolute atomic E-state index is 11.5. The van der Waals surface area contributed by atoms with Crippen molar-refractivity contribution in [1.29, 1.82) is 0 Å². The average molecular weight is 241 g/mol. The number of carbonyl (C=O) groups excluding carboxylic acids is 1. The van der Waals surface area contributed by atoms with Crippen LogP contribution in [-0.2, 0) is 9.53 Å². The number of carboxylic acid groups (broad SMARTS) is 1. The van der Waals surface area contributed by atoms with Crippen molar-refractivity contribution in [3.8, 4) is 0 Å². The summed E-state index contributed by atoms with van der Waals surface area (Å²) < 4.78 is 9.54. The predicted molar refractivity (Wildman–Crippen MR) is 57.5 cm³/mol. The lowest BCUT2D eigenvalue weighted by Crippen LogP contribution is -2.28. The summed E-state index contributed by atoms with van der Waals surface area (Å²) in [4.78, 5) is 22.4. The molecule has 1 aromatic rings. The van der Waals surface area contributed by atoms with Gasteiger partial charge in [-0.3, -0.25) is 0 Å². The zero-order valence-electron chi connectivity index (χ0n) is 9.97. The number of aryl methyl sites for hydroxylation is 1. The number of aliphatic carboxylic acids is 1. The van der Waals surface area contributed by atoms with Crippen molar-refractivity contribution in [3.05, 3.63) is 17.5 Å². The van der Waals surface area contributed by atoms with Crippen LogP contribution in [0.5, 0.6) is 0 Å². The zero-order chi connectivity index (χ0) is 13.0. The number of hydrogen-bond donors (Lipinski definition) is 1. The van der Waals surface area contributed by atoms with Gasteiger partial charge in [-0.2, -0.15) is 0 Å². The Morgan fingerprint density at radius 1 is 1.53 bits per heavy atom. The number of nitrogens with zero attached hydrogens (tertiary/aromatic N) is 1. The monoisotopic (exact) mass is 241 g/mol. The van der Waals surface area contributed by atoms with Crippen LogP contribution in [0.3, 0.4) is 0 Å². The summed E-state index contributed by atoms with van der Waals surface area (Å²) in [5.74, 6) is -1.94. The summed E-state index contributed by atoms with van der Waals surface area (Å²) >= 11 is 0.